The Morgan fingerprint density at radius 1 is 0.852 bits per heavy atom. The van der Waals surface area contributed by atoms with Crippen LogP contribution in [0.25, 0.3) is 0 Å². The highest BCUT2D eigenvalue weighted by Crippen LogP contribution is 2.29. The number of rotatable bonds is 7. The summed E-state index contributed by atoms with van der Waals surface area (Å²) >= 11 is 18.4. The highest BCUT2D eigenvalue weighted by Gasteiger charge is 2.07. The van der Waals surface area contributed by atoms with E-state index in [9.17, 15) is 0 Å². The van der Waals surface area contributed by atoms with E-state index in [2.05, 4.69) is 5.32 Å². The van der Waals surface area contributed by atoms with Crippen LogP contribution in [-0.2, 0) is 13.2 Å². The lowest BCUT2D eigenvalue weighted by Crippen LogP contribution is -2.04. The second-order valence-electron chi connectivity index (χ2n) is 5.87. The predicted octanol–water partition coefficient (Wildman–Crippen LogP) is 6.85. The van der Waals surface area contributed by atoms with Crippen LogP contribution >= 0.6 is 34.8 Å². The van der Waals surface area contributed by atoms with Crippen molar-refractivity contribution in [3.8, 4) is 11.5 Å². The van der Waals surface area contributed by atoms with Crippen molar-refractivity contribution in [2.75, 3.05) is 12.4 Å². The Morgan fingerprint density at radius 2 is 1.63 bits per heavy atom. The fourth-order valence-corrected chi connectivity index (χ4v) is 3.25. The van der Waals surface area contributed by atoms with E-state index in [0.29, 0.717) is 34.0 Å². The van der Waals surface area contributed by atoms with Gasteiger partial charge in [-0.15, -0.1) is 0 Å². The van der Waals surface area contributed by atoms with E-state index in [4.69, 9.17) is 44.3 Å². The first kappa shape index (κ1) is 19.7. The van der Waals surface area contributed by atoms with Crippen molar-refractivity contribution in [3.05, 3.63) is 86.9 Å². The maximum atomic E-state index is 6.18. The van der Waals surface area contributed by atoms with E-state index in [0.717, 1.165) is 22.6 Å². The molecule has 0 unspecified atom stereocenters. The summed E-state index contributed by atoms with van der Waals surface area (Å²) in [6.45, 7) is 0.956. The standard InChI is InChI=1S/C21H18Cl3NO2/c1-26-21-8-6-18(11-19(21)24)25-12-15-10-17(23)5-7-20(15)27-13-14-3-2-4-16(22)9-14/h2-11,25H,12-13H2,1H3. The van der Waals surface area contributed by atoms with E-state index < -0.39 is 0 Å². The smallest absolute Gasteiger partial charge is 0.137 e. The fraction of sp³-hybridized carbons (Fsp3) is 0.143. The van der Waals surface area contributed by atoms with Crippen LogP contribution in [0.4, 0.5) is 5.69 Å². The van der Waals surface area contributed by atoms with Crippen LogP contribution in [0.3, 0.4) is 0 Å². The summed E-state index contributed by atoms with van der Waals surface area (Å²) in [6, 6.07) is 18.7. The third-order valence-electron chi connectivity index (χ3n) is 3.94. The minimum Gasteiger partial charge on any atom is -0.495 e. The zero-order valence-electron chi connectivity index (χ0n) is 14.6. The Bertz CT molecular complexity index is 931. The average Bonchev–Trinajstić information content (AvgIpc) is 2.66. The van der Waals surface area contributed by atoms with Crippen LogP contribution < -0.4 is 14.8 Å². The van der Waals surface area contributed by atoms with E-state index in [1.807, 2.05) is 60.7 Å². The summed E-state index contributed by atoms with van der Waals surface area (Å²) in [4.78, 5) is 0. The molecule has 27 heavy (non-hydrogen) atoms. The second kappa shape index (κ2) is 9.23. The van der Waals surface area contributed by atoms with Gasteiger partial charge < -0.3 is 14.8 Å². The van der Waals surface area contributed by atoms with Crippen molar-refractivity contribution in [1.82, 2.24) is 0 Å². The van der Waals surface area contributed by atoms with Gasteiger partial charge in [0.05, 0.1) is 12.1 Å². The zero-order chi connectivity index (χ0) is 19.2. The molecular formula is C21H18Cl3NO2. The summed E-state index contributed by atoms with van der Waals surface area (Å²) in [7, 11) is 1.59. The third kappa shape index (κ3) is 5.46. The monoisotopic (exact) mass is 421 g/mol. The molecule has 0 radical (unpaired) electrons. The molecule has 0 heterocycles. The summed E-state index contributed by atoms with van der Waals surface area (Å²) in [5.74, 6) is 1.39. The lowest BCUT2D eigenvalue weighted by molar-refractivity contribution is 0.303. The number of halogens is 3. The molecule has 0 saturated carbocycles. The Kier molecular flexibility index (Phi) is 6.73. The normalized spacial score (nSPS) is 10.5. The van der Waals surface area contributed by atoms with Crippen LogP contribution in [0.1, 0.15) is 11.1 Å². The van der Waals surface area contributed by atoms with Gasteiger partial charge >= 0.3 is 0 Å². The minimum absolute atomic E-state index is 0.420. The Hall–Kier alpha value is -2.07. The van der Waals surface area contributed by atoms with Gasteiger partial charge in [-0.25, -0.2) is 0 Å². The summed E-state index contributed by atoms with van der Waals surface area (Å²) in [5, 5.41) is 5.21. The van der Waals surface area contributed by atoms with Crippen LogP contribution in [0.5, 0.6) is 11.5 Å². The molecule has 0 bridgehead atoms. The molecule has 3 rings (SSSR count). The molecule has 140 valence electrons. The van der Waals surface area contributed by atoms with Crippen molar-refractivity contribution in [2.45, 2.75) is 13.2 Å². The van der Waals surface area contributed by atoms with Gasteiger partial charge in [0, 0.05) is 27.8 Å². The van der Waals surface area contributed by atoms with Gasteiger partial charge in [0.2, 0.25) is 0 Å². The highest BCUT2D eigenvalue weighted by molar-refractivity contribution is 6.32. The molecular weight excluding hydrogens is 405 g/mol. The lowest BCUT2D eigenvalue weighted by Gasteiger charge is -2.14. The zero-order valence-corrected chi connectivity index (χ0v) is 16.9. The van der Waals surface area contributed by atoms with Crippen molar-refractivity contribution >= 4 is 40.5 Å². The van der Waals surface area contributed by atoms with Gasteiger partial charge in [-0.1, -0.05) is 46.9 Å². The number of nitrogens with one attached hydrogen (secondary N) is 1. The highest BCUT2D eigenvalue weighted by atomic mass is 35.5. The first-order valence-electron chi connectivity index (χ1n) is 8.28. The lowest BCUT2D eigenvalue weighted by atomic mass is 10.2. The van der Waals surface area contributed by atoms with Crippen LogP contribution in [-0.4, -0.2) is 7.11 Å². The predicted molar refractivity (Wildman–Crippen MR) is 113 cm³/mol. The molecule has 6 heteroatoms. The van der Waals surface area contributed by atoms with Gasteiger partial charge in [-0.05, 0) is 54.1 Å². The molecule has 3 aromatic rings. The summed E-state index contributed by atoms with van der Waals surface area (Å²) in [6.07, 6.45) is 0. The topological polar surface area (TPSA) is 30.5 Å². The molecule has 3 aromatic carbocycles. The molecule has 0 saturated heterocycles. The summed E-state index contributed by atoms with van der Waals surface area (Å²) < 4.78 is 11.2. The molecule has 0 aliphatic heterocycles. The number of methoxy groups -OCH3 is 1. The Morgan fingerprint density at radius 3 is 2.37 bits per heavy atom. The average molecular weight is 423 g/mol. The molecule has 0 fully saturated rings. The van der Waals surface area contributed by atoms with E-state index in [1.54, 1.807) is 7.11 Å². The molecule has 0 aliphatic carbocycles. The second-order valence-corrected chi connectivity index (χ2v) is 7.15. The fourth-order valence-electron chi connectivity index (χ4n) is 2.59. The van der Waals surface area contributed by atoms with Gasteiger partial charge in [0.1, 0.15) is 18.1 Å². The molecule has 0 spiro atoms. The Labute approximate surface area is 173 Å². The van der Waals surface area contributed by atoms with Crippen LogP contribution in [0.15, 0.2) is 60.7 Å². The van der Waals surface area contributed by atoms with Crippen molar-refractivity contribution in [3.63, 3.8) is 0 Å². The van der Waals surface area contributed by atoms with Crippen molar-refractivity contribution in [2.24, 2.45) is 0 Å². The first-order chi connectivity index (χ1) is 13.0. The molecule has 0 amide bonds. The van der Waals surface area contributed by atoms with E-state index in [-0.39, 0.29) is 0 Å². The van der Waals surface area contributed by atoms with Crippen LogP contribution in [0, 0.1) is 0 Å². The number of anilines is 1. The largest absolute Gasteiger partial charge is 0.495 e. The Balaban J connectivity index is 1.71. The molecule has 0 aliphatic rings. The van der Waals surface area contributed by atoms with Gasteiger partial charge in [-0.3, -0.25) is 0 Å². The maximum absolute atomic E-state index is 6.18. The minimum atomic E-state index is 0.420. The number of ether oxygens (including phenoxy) is 2. The number of hydrogen-bond acceptors (Lipinski definition) is 3. The maximum Gasteiger partial charge on any atom is 0.137 e. The molecule has 0 aromatic heterocycles. The van der Waals surface area contributed by atoms with Crippen LogP contribution in [0.2, 0.25) is 15.1 Å². The van der Waals surface area contributed by atoms with Gasteiger partial charge in [-0.2, -0.15) is 0 Å². The van der Waals surface area contributed by atoms with E-state index in [1.165, 1.54) is 0 Å². The third-order valence-corrected chi connectivity index (χ3v) is 4.71. The van der Waals surface area contributed by atoms with Crippen molar-refractivity contribution < 1.29 is 9.47 Å². The van der Waals surface area contributed by atoms with Crippen molar-refractivity contribution in [1.29, 1.82) is 0 Å². The van der Waals surface area contributed by atoms with Gasteiger partial charge in [0.25, 0.3) is 0 Å². The quantitative estimate of drug-likeness (QED) is 0.452. The summed E-state index contributed by atoms with van der Waals surface area (Å²) in [5.41, 5.74) is 2.82. The van der Waals surface area contributed by atoms with E-state index >= 15 is 0 Å². The molecule has 1 N–H and O–H groups in total. The number of benzene rings is 3. The number of hydrogen-bond donors (Lipinski definition) is 1. The molecule has 3 nitrogen and oxygen atoms in total. The first-order valence-corrected chi connectivity index (χ1v) is 9.41. The molecule has 0 atom stereocenters. The SMILES string of the molecule is COc1ccc(NCc2cc(Cl)ccc2OCc2cccc(Cl)c2)cc1Cl. The van der Waals surface area contributed by atoms with Gasteiger partial charge in [0.15, 0.2) is 0 Å².